The number of aryl methyl sites for hydroxylation is 1. The molecular weight excluding hydrogens is 318 g/mol. The van der Waals surface area contributed by atoms with E-state index in [2.05, 4.69) is 5.32 Å². The number of hydrogen-bond acceptors (Lipinski definition) is 4. The highest BCUT2D eigenvalue weighted by molar-refractivity contribution is 6.31. The highest BCUT2D eigenvalue weighted by Gasteiger charge is 2.20. The van der Waals surface area contributed by atoms with E-state index in [1.807, 2.05) is 11.8 Å². The van der Waals surface area contributed by atoms with Gasteiger partial charge in [0.25, 0.3) is 0 Å². The quantitative estimate of drug-likeness (QED) is 0.908. The predicted molar refractivity (Wildman–Crippen MR) is 90.1 cm³/mol. The summed E-state index contributed by atoms with van der Waals surface area (Å²) in [7, 11) is 1.54. The van der Waals surface area contributed by atoms with Gasteiger partial charge in [0, 0.05) is 44.2 Å². The van der Waals surface area contributed by atoms with Gasteiger partial charge in [-0.2, -0.15) is 0 Å². The third kappa shape index (κ3) is 4.59. The summed E-state index contributed by atoms with van der Waals surface area (Å²) in [6.45, 7) is 6.44. The summed E-state index contributed by atoms with van der Waals surface area (Å²) in [5, 5.41) is 3.46. The standard InChI is InChI=1S/C16H22ClN3O3/c1-11-8-14(15(23-3)9-13(11)17)18-16(22)10-19-4-6-20(7-5-19)12(2)21/h8-9H,4-7,10H2,1-3H3,(H,18,22). The van der Waals surface area contributed by atoms with Crippen LogP contribution in [0.4, 0.5) is 5.69 Å². The van der Waals surface area contributed by atoms with Crippen LogP contribution in [0.1, 0.15) is 12.5 Å². The lowest BCUT2D eigenvalue weighted by atomic mass is 10.2. The molecule has 0 aliphatic carbocycles. The molecular formula is C16H22ClN3O3. The van der Waals surface area contributed by atoms with Gasteiger partial charge in [0.15, 0.2) is 0 Å². The van der Waals surface area contributed by atoms with Crippen molar-refractivity contribution in [1.29, 1.82) is 0 Å². The fourth-order valence-corrected chi connectivity index (χ4v) is 2.70. The van der Waals surface area contributed by atoms with E-state index in [-0.39, 0.29) is 18.4 Å². The van der Waals surface area contributed by atoms with Gasteiger partial charge in [0.2, 0.25) is 11.8 Å². The molecule has 7 heteroatoms. The van der Waals surface area contributed by atoms with E-state index in [1.165, 1.54) is 7.11 Å². The Kier molecular flexibility index (Phi) is 5.85. The van der Waals surface area contributed by atoms with Crippen molar-refractivity contribution in [3.05, 3.63) is 22.7 Å². The number of halogens is 1. The molecule has 1 saturated heterocycles. The van der Waals surface area contributed by atoms with Crippen molar-refractivity contribution in [3.63, 3.8) is 0 Å². The predicted octanol–water partition coefficient (Wildman–Crippen LogP) is 1.76. The largest absolute Gasteiger partial charge is 0.495 e. The summed E-state index contributed by atoms with van der Waals surface area (Å²) in [5.74, 6) is 0.507. The first kappa shape index (κ1) is 17.6. The molecule has 0 bridgehead atoms. The second-order valence-electron chi connectivity index (χ2n) is 5.63. The Labute approximate surface area is 141 Å². The van der Waals surface area contributed by atoms with Gasteiger partial charge in [0.05, 0.1) is 19.3 Å². The first-order chi connectivity index (χ1) is 10.9. The smallest absolute Gasteiger partial charge is 0.238 e. The number of methoxy groups -OCH3 is 1. The van der Waals surface area contributed by atoms with Crippen LogP contribution in [-0.2, 0) is 9.59 Å². The molecule has 126 valence electrons. The molecule has 1 fully saturated rings. The van der Waals surface area contributed by atoms with E-state index in [0.29, 0.717) is 42.6 Å². The van der Waals surface area contributed by atoms with Gasteiger partial charge in [-0.05, 0) is 18.6 Å². The Hall–Kier alpha value is -1.79. The molecule has 1 aliphatic rings. The van der Waals surface area contributed by atoms with Gasteiger partial charge in [-0.3, -0.25) is 14.5 Å². The molecule has 2 rings (SSSR count). The molecule has 1 aromatic rings. The maximum absolute atomic E-state index is 12.2. The Morgan fingerprint density at radius 1 is 1.26 bits per heavy atom. The highest BCUT2D eigenvalue weighted by Crippen LogP contribution is 2.30. The van der Waals surface area contributed by atoms with E-state index in [0.717, 1.165) is 5.56 Å². The van der Waals surface area contributed by atoms with E-state index in [4.69, 9.17) is 16.3 Å². The summed E-state index contributed by atoms with van der Waals surface area (Å²) < 4.78 is 5.26. The van der Waals surface area contributed by atoms with Crippen LogP contribution < -0.4 is 10.1 Å². The first-order valence-electron chi connectivity index (χ1n) is 7.52. The van der Waals surface area contributed by atoms with Crippen molar-refractivity contribution in [2.45, 2.75) is 13.8 Å². The summed E-state index contributed by atoms with van der Waals surface area (Å²) >= 11 is 6.06. The number of nitrogens with zero attached hydrogens (tertiary/aromatic N) is 2. The second kappa shape index (κ2) is 7.66. The van der Waals surface area contributed by atoms with Crippen molar-refractivity contribution in [2.75, 3.05) is 45.2 Å². The van der Waals surface area contributed by atoms with Crippen LogP contribution in [0.5, 0.6) is 5.75 Å². The zero-order chi connectivity index (χ0) is 17.0. The Balaban J connectivity index is 1.93. The molecule has 23 heavy (non-hydrogen) atoms. The number of ether oxygens (including phenoxy) is 1. The van der Waals surface area contributed by atoms with Crippen molar-refractivity contribution in [1.82, 2.24) is 9.80 Å². The first-order valence-corrected chi connectivity index (χ1v) is 7.90. The number of carbonyl (C=O) groups excluding carboxylic acids is 2. The molecule has 0 spiro atoms. The average molecular weight is 340 g/mol. The van der Waals surface area contributed by atoms with Crippen LogP contribution in [0.15, 0.2) is 12.1 Å². The fourth-order valence-electron chi connectivity index (χ4n) is 2.54. The van der Waals surface area contributed by atoms with Gasteiger partial charge >= 0.3 is 0 Å². The lowest BCUT2D eigenvalue weighted by Crippen LogP contribution is -2.49. The molecule has 2 amide bonds. The van der Waals surface area contributed by atoms with Crippen LogP contribution >= 0.6 is 11.6 Å². The molecule has 1 N–H and O–H groups in total. The lowest BCUT2D eigenvalue weighted by Gasteiger charge is -2.33. The minimum Gasteiger partial charge on any atom is -0.495 e. The van der Waals surface area contributed by atoms with Crippen molar-refractivity contribution < 1.29 is 14.3 Å². The summed E-state index contributed by atoms with van der Waals surface area (Å²) in [5.41, 5.74) is 1.49. The van der Waals surface area contributed by atoms with Gasteiger partial charge in [-0.1, -0.05) is 11.6 Å². The average Bonchev–Trinajstić information content (AvgIpc) is 2.51. The number of anilines is 1. The summed E-state index contributed by atoms with van der Waals surface area (Å²) in [4.78, 5) is 27.4. The van der Waals surface area contributed by atoms with Gasteiger partial charge in [-0.25, -0.2) is 0 Å². The van der Waals surface area contributed by atoms with Crippen molar-refractivity contribution >= 4 is 29.1 Å². The van der Waals surface area contributed by atoms with E-state index in [1.54, 1.807) is 24.0 Å². The maximum atomic E-state index is 12.2. The molecule has 0 unspecified atom stereocenters. The van der Waals surface area contributed by atoms with E-state index >= 15 is 0 Å². The number of rotatable bonds is 4. The minimum absolute atomic E-state index is 0.0791. The SMILES string of the molecule is COc1cc(Cl)c(C)cc1NC(=O)CN1CCN(C(C)=O)CC1. The van der Waals surface area contributed by atoms with Gasteiger partial charge < -0.3 is 15.0 Å². The van der Waals surface area contributed by atoms with Gasteiger partial charge in [-0.15, -0.1) is 0 Å². The number of benzene rings is 1. The number of nitrogens with one attached hydrogen (secondary N) is 1. The highest BCUT2D eigenvalue weighted by atomic mass is 35.5. The Morgan fingerprint density at radius 3 is 2.48 bits per heavy atom. The van der Waals surface area contributed by atoms with Crippen molar-refractivity contribution in [3.8, 4) is 5.75 Å². The molecule has 0 aromatic heterocycles. The van der Waals surface area contributed by atoms with Crippen molar-refractivity contribution in [2.24, 2.45) is 0 Å². The molecule has 0 atom stereocenters. The van der Waals surface area contributed by atoms with Crippen LogP contribution in [0.25, 0.3) is 0 Å². The summed E-state index contributed by atoms with van der Waals surface area (Å²) in [6.07, 6.45) is 0. The zero-order valence-corrected chi connectivity index (χ0v) is 14.4. The van der Waals surface area contributed by atoms with Crippen LogP contribution in [0.2, 0.25) is 5.02 Å². The number of piperazine rings is 1. The fraction of sp³-hybridized carbons (Fsp3) is 0.500. The number of amides is 2. The van der Waals surface area contributed by atoms with Crippen LogP contribution in [0, 0.1) is 6.92 Å². The number of hydrogen-bond donors (Lipinski definition) is 1. The van der Waals surface area contributed by atoms with Gasteiger partial charge in [0.1, 0.15) is 5.75 Å². The van der Waals surface area contributed by atoms with Crippen LogP contribution in [0.3, 0.4) is 0 Å². The molecule has 1 aromatic carbocycles. The Morgan fingerprint density at radius 2 is 1.91 bits per heavy atom. The molecule has 1 aliphatic heterocycles. The molecule has 6 nitrogen and oxygen atoms in total. The molecule has 0 saturated carbocycles. The molecule has 1 heterocycles. The zero-order valence-electron chi connectivity index (χ0n) is 13.7. The number of carbonyl (C=O) groups is 2. The third-order valence-corrected chi connectivity index (χ3v) is 4.35. The maximum Gasteiger partial charge on any atom is 0.238 e. The Bertz CT molecular complexity index is 598. The second-order valence-corrected chi connectivity index (χ2v) is 6.04. The topological polar surface area (TPSA) is 61.9 Å². The third-order valence-electron chi connectivity index (χ3n) is 3.94. The summed E-state index contributed by atoms with van der Waals surface area (Å²) in [6, 6.07) is 3.49. The van der Waals surface area contributed by atoms with E-state index in [9.17, 15) is 9.59 Å². The van der Waals surface area contributed by atoms with Crippen LogP contribution in [-0.4, -0.2) is 61.4 Å². The minimum atomic E-state index is -0.110. The lowest BCUT2D eigenvalue weighted by molar-refractivity contribution is -0.130. The normalized spacial score (nSPS) is 15.4. The molecule has 0 radical (unpaired) electrons. The monoisotopic (exact) mass is 339 g/mol. The van der Waals surface area contributed by atoms with E-state index < -0.39 is 0 Å².